The van der Waals surface area contributed by atoms with Crippen LogP contribution in [0.15, 0.2) is 36.7 Å². The van der Waals surface area contributed by atoms with E-state index in [9.17, 15) is 0 Å². The minimum Gasteiger partial charge on any atom is -0.347 e. The van der Waals surface area contributed by atoms with Crippen LogP contribution in [0.4, 0.5) is 5.13 Å². The molecule has 0 bridgehead atoms. The van der Waals surface area contributed by atoms with Crippen LogP contribution < -0.4 is 10.2 Å². The van der Waals surface area contributed by atoms with Crippen LogP contribution in [-0.4, -0.2) is 44.1 Å². The lowest BCUT2D eigenvalue weighted by molar-refractivity contribution is 0.402. The predicted molar refractivity (Wildman–Crippen MR) is 108 cm³/mol. The van der Waals surface area contributed by atoms with E-state index in [0.29, 0.717) is 12.1 Å². The first-order valence-electron chi connectivity index (χ1n) is 9.46. The summed E-state index contributed by atoms with van der Waals surface area (Å²) in [4.78, 5) is 2.35. The van der Waals surface area contributed by atoms with Gasteiger partial charge in [-0.15, -0.1) is 20.4 Å². The van der Waals surface area contributed by atoms with Gasteiger partial charge in [0.25, 0.3) is 0 Å². The first-order chi connectivity index (χ1) is 13.2. The fourth-order valence-electron chi connectivity index (χ4n) is 3.38. The van der Waals surface area contributed by atoms with Gasteiger partial charge >= 0.3 is 0 Å². The Bertz CT molecular complexity index is 850. The van der Waals surface area contributed by atoms with Gasteiger partial charge in [0.05, 0.1) is 6.54 Å². The summed E-state index contributed by atoms with van der Waals surface area (Å²) in [6.45, 7) is 7.06. The Morgan fingerprint density at radius 1 is 1.11 bits per heavy atom. The van der Waals surface area contributed by atoms with Crippen LogP contribution >= 0.6 is 11.3 Å². The van der Waals surface area contributed by atoms with Gasteiger partial charge in [0.1, 0.15) is 17.2 Å². The Morgan fingerprint density at radius 2 is 1.89 bits per heavy atom. The van der Waals surface area contributed by atoms with Gasteiger partial charge in [0.15, 0.2) is 0 Å². The van der Waals surface area contributed by atoms with Crippen LogP contribution in [0.2, 0.25) is 0 Å². The Labute approximate surface area is 163 Å². The minimum atomic E-state index is 0.384. The molecular formula is C19H25N7S. The first kappa shape index (κ1) is 18.1. The average Bonchev–Trinajstić information content (AvgIpc) is 3.37. The highest BCUT2D eigenvalue weighted by Crippen LogP contribution is 2.30. The third kappa shape index (κ3) is 4.17. The van der Waals surface area contributed by atoms with Crippen molar-refractivity contribution in [1.82, 2.24) is 30.3 Å². The summed E-state index contributed by atoms with van der Waals surface area (Å²) in [6.07, 6.45) is 4.00. The summed E-state index contributed by atoms with van der Waals surface area (Å²) >= 11 is 1.67. The molecule has 1 aliphatic heterocycles. The lowest BCUT2D eigenvalue weighted by atomic mass is 10.1. The van der Waals surface area contributed by atoms with Crippen LogP contribution in [0, 0.1) is 0 Å². The number of benzene rings is 1. The van der Waals surface area contributed by atoms with Gasteiger partial charge in [-0.25, -0.2) is 0 Å². The Kier molecular flexibility index (Phi) is 5.45. The molecule has 0 atom stereocenters. The van der Waals surface area contributed by atoms with E-state index in [1.54, 1.807) is 11.3 Å². The van der Waals surface area contributed by atoms with E-state index in [1.165, 1.54) is 0 Å². The van der Waals surface area contributed by atoms with Gasteiger partial charge in [-0.1, -0.05) is 41.7 Å². The molecule has 1 saturated heterocycles. The zero-order valence-corrected chi connectivity index (χ0v) is 16.6. The van der Waals surface area contributed by atoms with Crippen molar-refractivity contribution in [3.63, 3.8) is 0 Å². The molecule has 1 fully saturated rings. The Hall–Kier alpha value is -2.32. The second-order valence-electron chi connectivity index (χ2n) is 7.15. The van der Waals surface area contributed by atoms with Gasteiger partial charge in [-0.3, -0.25) is 0 Å². The number of anilines is 1. The summed E-state index contributed by atoms with van der Waals surface area (Å²) in [5.74, 6) is 1.00. The van der Waals surface area contributed by atoms with Crippen molar-refractivity contribution < 1.29 is 0 Å². The topological polar surface area (TPSA) is 71.8 Å². The molecule has 1 aliphatic rings. The van der Waals surface area contributed by atoms with Gasteiger partial charge in [0, 0.05) is 30.7 Å². The van der Waals surface area contributed by atoms with Crippen molar-refractivity contribution in [2.24, 2.45) is 0 Å². The second kappa shape index (κ2) is 8.14. The number of hydrogen-bond acceptors (Lipinski definition) is 7. The molecule has 0 saturated carbocycles. The highest BCUT2D eigenvalue weighted by atomic mass is 32.1. The Balaban J connectivity index is 1.30. The monoisotopic (exact) mass is 383 g/mol. The molecular weight excluding hydrogens is 358 g/mol. The van der Waals surface area contributed by atoms with Crippen molar-refractivity contribution in [3.8, 4) is 10.6 Å². The van der Waals surface area contributed by atoms with Crippen molar-refractivity contribution >= 4 is 16.5 Å². The molecule has 0 aliphatic carbocycles. The van der Waals surface area contributed by atoms with Gasteiger partial charge in [-0.05, 0) is 26.7 Å². The molecule has 8 heteroatoms. The molecule has 3 aromatic rings. The number of rotatable bonds is 6. The number of piperidine rings is 1. The molecule has 1 aromatic carbocycles. The van der Waals surface area contributed by atoms with E-state index in [1.807, 2.05) is 24.5 Å². The maximum Gasteiger partial charge on any atom is 0.208 e. The molecule has 3 heterocycles. The lowest BCUT2D eigenvalue weighted by Crippen LogP contribution is -2.42. The van der Waals surface area contributed by atoms with Crippen molar-refractivity contribution in [1.29, 1.82) is 0 Å². The lowest BCUT2D eigenvalue weighted by Gasteiger charge is -2.31. The number of nitrogens with one attached hydrogen (secondary N) is 1. The Morgan fingerprint density at radius 3 is 2.63 bits per heavy atom. The summed E-state index contributed by atoms with van der Waals surface area (Å²) in [6, 6.07) is 11.1. The van der Waals surface area contributed by atoms with Crippen molar-refractivity contribution in [2.45, 2.75) is 45.3 Å². The van der Waals surface area contributed by atoms with E-state index in [4.69, 9.17) is 0 Å². The fraction of sp³-hybridized carbons (Fsp3) is 0.474. The highest BCUT2D eigenvalue weighted by Gasteiger charge is 2.22. The van der Waals surface area contributed by atoms with E-state index in [0.717, 1.165) is 54.0 Å². The number of hydrogen-bond donors (Lipinski definition) is 1. The number of aromatic nitrogens is 5. The van der Waals surface area contributed by atoms with Crippen LogP contribution in [0.1, 0.15) is 38.6 Å². The normalized spacial score (nSPS) is 15.6. The van der Waals surface area contributed by atoms with Crippen LogP contribution in [-0.2, 0) is 6.54 Å². The largest absolute Gasteiger partial charge is 0.347 e. The predicted octanol–water partition coefficient (Wildman–Crippen LogP) is 3.14. The zero-order chi connectivity index (χ0) is 18.6. The van der Waals surface area contributed by atoms with E-state index in [2.05, 4.69) is 61.2 Å². The van der Waals surface area contributed by atoms with E-state index in [-0.39, 0.29) is 0 Å². The fourth-order valence-corrected chi connectivity index (χ4v) is 4.28. The molecule has 2 aromatic heterocycles. The summed E-state index contributed by atoms with van der Waals surface area (Å²) in [7, 11) is 0. The molecule has 4 rings (SSSR count). The number of nitrogens with zero attached hydrogens (tertiary/aromatic N) is 6. The van der Waals surface area contributed by atoms with Gasteiger partial charge in [-0.2, -0.15) is 0 Å². The summed E-state index contributed by atoms with van der Waals surface area (Å²) in [5, 5.41) is 22.7. The standard InChI is InChI=1S/C19H25N7S/c1-14(2)26-13-21-22-17(26)12-20-16-8-10-25(11-9-16)19-24-23-18(27-19)15-6-4-3-5-7-15/h3-7,13-14,16,20H,8-12H2,1-2H3. The van der Waals surface area contributed by atoms with Crippen molar-refractivity contribution in [2.75, 3.05) is 18.0 Å². The first-order valence-corrected chi connectivity index (χ1v) is 10.3. The molecule has 142 valence electrons. The highest BCUT2D eigenvalue weighted by molar-refractivity contribution is 7.18. The quantitative estimate of drug-likeness (QED) is 0.705. The van der Waals surface area contributed by atoms with Crippen LogP contribution in [0.25, 0.3) is 10.6 Å². The van der Waals surface area contributed by atoms with Gasteiger partial charge < -0.3 is 14.8 Å². The van der Waals surface area contributed by atoms with E-state index < -0.39 is 0 Å². The van der Waals surface area contributed by atoms with Crippen LogP contribution in [0.5, 0.6) is 0 Å². The van der Waals surface area contributed by atoms with Crippen molar-refractivity contribution in [3.05, 3.63) is 42.5 Å². The smallest absolute Gasteiger partial charge is 0.208 e. The minimum absolute atomic E-state index is 0.384. The third-order valence-corrected chi connectivity index (χ3v) is 5.99. The molecule has 0 unspecified atom stereocenters. The SMILES string of the molecule is CC(C)n1cnnc1CNC1CCN(c2nnc(-c3ccccc3)s2)CC1. The molecule has 0 radical (unpaired) electrons. The maximum absolute atomic E-state index is 4.41. The van der Waals surface area contributed by atoms with E-state index >= 15 is 0 Å². The summed E-state index contributed by atoms with van der Waals surface area (Å²) in [5.41, 5.74) is 1.13. The molecule has 27 heavy (non-hydrogen) atoms. The summed E-state index contributed by atoms with van der Waals surface area (Å²) < 4.78 is 2.12. The molecule has 0 amide bonds. The zero-order valence-electron chi connectivity index (χ0n) is 15.7. The van der Waals surface area contributed by atoms with Gasteiger partial charge in [0.2, 0.25) is 5.13 Å². The molecule has 0 spiro atoms. The van der Waals surface area contributed by atoms with Crippen LogP contribution in [0.3, 0.4) is 0 Å². The average molecular weight is 384 g/mol. The molecule has 7 nitrogen and oxygen atoms in total. The third-order valence-electron chi connectivity index (χ3n) is 4.95. The second-order valence-corrected chi connectivity index (χ2v) is 8.10. The maximum atomic E-state index is 4.41. The molecule has 1 N–H and O–H groups in total.